The van der Waals surface area contributed by atoms with Gasteiger partial charge in [-0.05, 0) is 44.9 Å². The first-order valence-corrected chi connectivity index (χ1v) is 28.2. The fourth-order valence-corrected chi connectivity index (χ4v) is 8.80. The summed E-state index contributed by atoms with van der Waals surface area (Å²) in [7, 11) is 0. The van der Waals surface area contributed by atoms with Gasteiger partial charge in [0.15, 0.2) is 0 Å². The van der Waals surface area contributed by atoms with E-state index in [1.807, 2.05) is 6.08 Å². The van der Waals surface area contributed by atoms with E-state index < -0.39 is 12.1 Å². The van der Waals surface area contributed by atoms with Crippen LogP contribution >= 0.6 is 0 Å². The van der Waals surface area contributed by atoms with Crippen molar-refractivity contribution in [1.82, 2.24) is 5.32 Å². The van der Waals surface area contributed by atoms with Gasteiger partial charge in [0.25, 0.3) is 0 Å². The summed E-state index contributed by atoms with van der Waals surface area (Å²) in [6, 6.07) is -0.644. The summed E-state index contributed by atoms with van der Waals surface area (Å²) in [5, 5.41) is 23.1. The highest BCUT2D eigenvalue weighted by Gasteiger charge is 2.18. The number of nitrogens with one attached hydrogen (secondary N) is 1. The lowest BCUT2D eigenvalue weighted by molar-refractivity contribution is -0.123. The minimum Gasteiger partial charge on any atom is -0.394 e. The third-order valence-corrected chi connectivity index (χ3v) is 13.1. The van der Waals surface area contributed by atoms with Crippen molar-refractivity contribution in [3.8, 4) is 0 Å². The van der Waals surface area contributed by atoms with Crippen LogP contribution in [-0.2, 0) is 4.79 Å². The summed E-state index contributed by atoms with van der Waals surface area (Å²) >= 11 is 0. The molecule has 0 saturated heterocycles. The van der Waals surface area contributed by atoms with Gasteiger partial charge in [0, 0.05) is 6.42 Å². The number of aliphatic hydroxyl groups excluding tert-OH is 2. The standard InChI is InChI=1S/C58H111NO3/c1-3-5-7-9-11-13-15-17-19-21-23-25-27-29-30-31-33-35-37-39-41-43-45-47-49-51-53-57(61)56(55-60)59-58(62)54-52-50-48-46-44-42-40-38-36-34-32-28-26-24-22-20-18-16-14-12-10-8-6-4-2/h35,37,43,45,51,53,56-57,60-61H,3-34,36,38-42,44,46-50,52,54-55H2,1-2H3,(H,59,62)/b37-35+,45-43+,53-51+. The molecular formula is C58H111NO3. The Morgan fingerprint density at radius 2 is 0.629 bits per heavy atom. The Balaban J connectivity index is 3.53. The number of rotatable bonds is 52. The number of aliphatic hydroxyl groups is 2. The normalized spacial score (nSPS) is 13.0. The van der Waals surface area contributed by atoms with Crippen molar-refractivity contribution in [2.24, 2.45) is 0 Å². The predicted molar refractivity (Wildman–Crippen MR) is 276 cm³/mol. The van der Waals surface area contributed by atoms with Crippen LogP contribution in [0.3, 0.4) is 0 Å². The van der Waals surface area contributed by atoms with Crippen molar-refractivity contribution in [2.75, 3.05) is 6.61 Å². The predicted octanol–water partition coefficient (Wildman–Crippen LogP) is 18.5. The van der Waals surface area contributed by atoms with Gasteiger partial charge in [0.2, 0.25) is 5.91 Å². The van der Waals surface area contributed by atoms with E-state index in [0.29, 0.717) is 6.42 Å². The molecule has 366 valence electrons. The molecule has 0 aliphatic carbocycles. The topological polar surface area (TPSA) is 69.6 Å². The molecule has 0 radical (unpaired) electrons. The van der Waals surface area contributed by atoms with E-state index in [9.17, 15) is 15.0 Å². The van der Waals surface area contributed by atoms with Crippen LogP contribution in [0, 0.1) is 0 Å². The first-order valence-electron chi connectivity index (χ1n) is 28.2. The van der Waals surface area contributed by atoms with Crippen molar-refractivity contribution >= 4 is 5.91 Å². The van der Waals surface area contributed by atoms with Crippen molar-refractivity contribution in [2.45, 2.75) is 321 Å². The van der Waals surface area contributed by atoms with E-state index in [0.717, 1.165) is 38.5 Å². The molecule has 4 nitrogen and oxygen atoms in total. The number of amides is 1. The number of hydrogen-bond acceptors (Lipinski definition) is 3. The molecule has 2 unspecified atom stereocenters. The van der Waals surface area contributed by atoms with Crippen LogP contribution in [0.1, 0.15) is 309 Å². The molecule has 2 atom stereocenters. The third-order valence-electron chi connectivity index (χ3n) is 13.1. The minimum atomic E-state index is -0.869. The fourth-order valence-electron chi connectivity index (χ4n) is 8.80. The molecule has 0 heterocycles. The number of hydrogen-bond donors (Lipinski definition) is 3. The third kappa shape index (κ3) is 49.6. The van der Waals surface area contributed by atoms with Gasteiger partial charge in [-0.2, -0.15) is 0 Å². The van der Waals surface area contributed by atoms with Crippen molar-refractivity contribution in [3.05, 3.63) is 36.5 Å². The molecule has 0 saturated carbocycles. The Morgan fingerprint density at radius 3 is 0.935 bits per heavy atom. The first kappa shape index (κ1) is 60.6. The summed E-state index contributed by atoms with van der Waals surface area (Å²) in [6.45, 7) is 4.33. The summed E-state index contributed by atoms with van der Waals surface area (Å²) in [5.41, 5.74) is 0. The number of unbranched alkanes of at least 4 members (excludes halogenated alkanes) is 41. The van der Waals surface area contributed by atoms with Crippen LogP contribution in [0.4, 0.5) is 0 Å². The van der Waals surface area contributed by atoms with Crippen molar-refractivity contribution < 1.29 is 15.0 Å². The van der Waals surface area contributed by atoms with Crippen LogP contribution in [0.25, 0.3) is 0 Å². The molecule has 3 N–H and O–H groups in total. The van der Waals surface area contributed by atoms with Crippen molar-refractivity contribution in [1.29, 1.82) is 0 Å². The lowest BCUT2D eigenvalue weighted by atomic mass is 10.0. The van der Waals surface area contributed by atoms with Crippen LogP contribution in [0.5, 0.6) is 0 Å². The molecular weight excluding hydrogens is 759 g/mol. The Morgan fingerprint density at radius 1 is 0.371 bits per heavy atom. The Kier molecular flexibility index (Phi) is 52.7. The highest BCUT2D eigenvalue weighted by Crippen LogP contribution is 2.17. The van der Waals surface area contributed by atoms with Gasteiger partial charge >= 0.3 is 0 Å². The molecule has 62 heavy (non-hydrogen) atoms. The van der Waals surface area contributed by atoms with Gasteiger partial charge < -0.3 is 15.5 Å². The molecule has 0 rings (SSSR count). The van der Waals surface area contributed by atoms with Gasteiger partial charge in [0.1, 0.15) is 0 Å². The maximum atomic E-state index is 12.5. The van der Waals surface area contributed by atoms with Gasteiger partial charge in [0.05, 0.1) is 18.8 Å². The molecule has 0 bridgehead atoms. The van der Waals surface area contributed by atoms with Gasteiger partial charge in [-0.25, -0.2) is 0 Å². The van der Waals surface area contributed by atoms with E-state index >= 15 is 0 Å². The maximum Gasteiger partial charge on any atom is 0.220 e. The average Bonchev–Trinajstić information content (AvgIpc) is 3.28. The molecule has 0 fully saturated rings. The van der Waals surface area contributed by atoms with Gasteiger partial charge in [-0.3, -0.25) is 4.79 Å². The second kappa shape index (κ2) is 53.9. The van der Waals surface area contributed by atoms with Crippen LogP contribution in [-0.4, -0.2) is 34.9 Å². The Hall–Kier alpha value is -1.39. The molecule has 1 amide bonds. The minimum absolute atomic E-state index is 0.0719. The molecule has 0 aromatic rings. The summed E-state index contributed by atoms with van der Waals surface area (Å²) < 4.78 is 0. The summed E-state index contributed by atoms with van der Waals surface area (Å²) in [5.74, 6) is -0.0719. The maximum absolute atomic E-state index is 12.5. The van der Waals surface area contributed by atoms with E-state index in [2.05, 4.69) is 43.5 Å². The molecule has 0 aromatic heterocycles. The Bertz CT molecular complexity index is 943. The van der Waals surface area contributed by atoms with E-state index in [-0.39, 0.29) is 12.5 Å². The molecule has 0 aliphatic rings. The number of allylic oxidation sites excluding steroid dienone is 5. The SMILES string of the molecule is CCCCCCCCCCCCCCCCCC/C=C/CC/C=C/CC/C=C/C(O)C(CO)NC(=O)CCCCCCCCCCCCCCCCCCCCCCCCCC. The smallest absolute Gasteiger partial charge is 0.220 e. The molecule has 0 aliphatic heterocycles. The van der Waals surface area contributed by atoms with Gasteiger partial charge in [-0.15, -0.1) is 0 Å². The highest BCUT2D eigenvalue weighted by molar-refractivity contribution is 5.76. The number of carbonyl (C=O) groups is 1. The highest BCUT2D eigenvalue weighted by atomic mass is 16.3. The second-order valence-electron chi connectivity index (χ2n) is 19.3. The monoisotopic (exact) mass is 870 g/mol. The largest absolute Gasteiger partial charge is 0.394 e. The molecule has 4 heteroatoms. The summed E-state index contributed by atoms with van der Waals surface area (Å²) in [4.78, 5) is 12.5. The lowest BCUT2D eigenvalue weighted by Crippen LogP contribution is -2.45. The van der Waals surface area contributed by atoms with E-state index in [4.69, 9.17) is 0 Å². The average molecular weight is 871 g/mol. The van der Waals surface area contributed by atoms with Crippen LogP contribution in [0.15, 0.2) is 36.5 Å². The Labute approximate surface area is 389 Å². The quantitative estimate of drug-likeness (QED) is 0.0421. The number of carbonyl (C=O) groups excluding carboxylic acids is 1. The summed E-state index contributed by atoms with van der Waals surface area (Å²) in [6.07, 6.45) is 73.1. The fraction of sp³-hybridized carbons (Fsp3) is 0.879. The lowest BCUT2D eigenvalue weighted by Gasteiger charge is -2.19. The zero-order chi connectivity index (χ0) is 44.9. The van der Waals surface area contributed by atoms with Crippen LogP contribution < -0.4 is 5.32 Å². The van der Waals surface area contributed by atoms with Crippen molar-refractivity contribution in [3.63, 3.8) is 0 Å². The van der Waals surface area contributed by atoms with Crippen LogP contribution in [0.2, 0.25) is 0 Å². The second-order valence-corrected chi connectivity index (χ2v) is 19.3. The molecule has 0 spiro atoms. The van der Waals surface area contributed by atoms with E-state index in [1.54, 1.807) is 6.08 Å². The van der Waals surface area contributed by atoms with Gasteiger partial charge in [-0.1, -0.05) is 294 Å². The van der Waals surface area contributed by atoms with E-state index in [1.165, 1.54) is 250 Å². The first-order chi connectivity index (χ1) is 30.7. The zero-order valence-electron chi connectivity index (χ0n) is 42.2. The molecule has 0 aromatic carbocycles. The zero-order valence-corrected chi connectivity index (χ0v) is 42.2.